The van der Waals surface area contributed by atoms with Gasteiger partial charge in [-0.25, -0.2) is 4.99 Å². The van der Waals surface area contributed by atoms with Crippen molar-refractivity contribution in [3.05, 3.63) is 65.1 Å². The Morgan fingerprint density at radius 3 is 2.44 bits per heavy atom. The normalized spacial score (nSPS) is 17.5. The van der Waals surface area contributed by atoms with Crippen LogP contribution in [0.25, 0.3) is 6.08 Å². The first-order chi connectivity index (χ1) is 12.2. The SMILES string of the molecule is CCOc1ccc(/C=C2/SC(=Nc3ccccc3)N(CC)C2=O)cc1. The smallest absolute Gasteiger partial charge is 0.266 e. The third-order valence-electron chi connectivity index (χ3n) is 3.67. The van der Waals surface area contributed by atoms with Crippen LogP contribution in [0.3, 0.4) is 0 Å². The summed E-state index contributed by atoms with van der Waals surface area (Å²) >= 11 is 1.41. The highest BCUT2D eigenvalue weighted by Crippen LogP contribution is 2.34. The van der Waals surface area contributed by atoms with Gasteiger partial charge >= 0.3 is 0 Å². The summed E-state index contributed by atoms with van der Waals surface area (Å²) in [5.74, 6) is 0.827. The maximum absolute atomic E-state index is 12.6. The molecule has 0 saturated carbocycles. The number of thioether (sulfide) groups is 1. The van der Waals surface area contributed by atoms with E-state index < -0.39 is 0 Å². The molecular weight excluding hydrogens is 332 g/mol. The summed E-state index contributed by atoms with van der Waals surface area (Å²) in [7, 11) is 0. The Bertz CT molecular complexity index is 798. The van der Waals surface area contributed by atoms with Crippen molar-refractivity contribution in [1.29, 1.82) is 0 Å². The molecule has 1 aliphatic heterocycles. The minimum atomic E-state index is -0.00364. The molecule has 1 fully saturated rings. The van der Waals surface area contributed by atoms with E-state index in [0.29, 0.717) is 18.1 Å². The predicted molar refractivity (Wildman–Crippen MR) is 104 cm³/mol. The Hall–Kier alpha value is -2.53. The van der Waals surface area contributed by atoms with Gasteiger partial charge in [0.2, 0.25) is 0 Å². The molecule has 0 atom stereocenters. The zero-order chi connectivity index (χ0) is 17.6. The van der Waals surface area contributed by atoms with E-state index in [2.05, 4.69) is 4.99 Å². The second-order valence-electron chi connectivity index (χ2n) is 5.39. The number of likely N-dealkylation sites (N-methyl/N-ethyl adjacent to an activating group) is 1. The number of carbonyl (C=O) groups is 1. The number of ether oxygens (including phenoxy) is 1. The number of aliphatic imine (C=N–C) groups is 1. The third-order valence-corrected chi connectivity index (χ3v) is 4.68. The van der Waals surface area contributed by atoms with Crippen molar-refractivity contribution < 1.29 is 9.53 Å². The van der Waals surface area contributed by atoms with E-state index >= 15 is 0 Å². The molecule has 128 valence electrons. The van der Waals surface area contributed by atoms with E-state index in [4.69, 9.17) is 4.74 Å². The molecule has 0 unspecified atom stereocenters. The topological polar surface area (TPSA) is 41.9 Å². The Morgan fingerprint density at radius 2 is 1.80 bits per heavy atom. The summed E-state index contributed by atoms with van der Waals surface area (Å²) in [5.41, 5.74) is 1.81. The fraction of sp³-hybridized carbons (Fsp3) is 0.200. The largest absolute Gasteiger partial charge is 0.494 e. The van der Waals surface area contributed by atoms with Crippen molar-refractivity contribution in [1.82, 2.24) is 4.90 Å². The van der Waals surface area contributed by atoms with Crippen LogP contribution in [-0.2, 0) is 4.79 Å². The molecular formula is C20H20N2O2S. The van der Waals surface area contributed by atoms with Crippen molar-refractivity contribution >= 4 is 34.6 Å². The highest BCUT2D eigenvalue weighted by atomic mass is 32.2. The number of benzene rings is 2. The average molecular weight is 352 g/mol. The quantitative estimate of drug-likeness (QED) is 0.732. The molecule has 0 radical (unpaired) electrons. The number of para-hydroxylation sites is 1. The van der Waals surface area contributed by atoms with Gasteiger partial charge in [-0.15, -0.1) is 0 Å². The van der Waals surface area contributed by atoms with Crippen LogP contribution in [0.2, 0.25) is 0 Å². The molecule has 1 amide bonds. The monoisotopic (exact) mass is 352 g/mol. The van der Waals surface area contributed by atoms with E-state index in [1.807, 2.05) is 74.5 Å². The zero-order valence-corrected chi connectivity index (χ0v) is 15.1. The molecule has 3 rings (SSSR count). The minimum absolute atomic E-state index is 0.00364. The number of hydrogen-bond donors (Lipinski definition) is 0. The van der Waals surface area contributed by atoms with Crippen LogP contribution >= 0.6 is 11.8 Å². The first-order valence-corrected chi connectivity index (χ1v) is 9.11. The Labute approximate surface area is 152 Å². The van der Waals surface area contributed by atoms with Crippen molar-refractivity contribution in [2.75, 3.05) is 13.2 Å². The molecule has 1 saturated heterocycles. The van der Waals surface area contributed by atoms with E-state index in [1.54, 1.807) is 4.90 Å². The van der Waals surface area contributed by atoms with Gasteiger partial charge in [-0.3, -0.25) is 9.69 Å². The van der Waals surface area contributed by atoms with Gasteiger partial charge in [-0.05, 0) is 61.5 Å². The molecule has 0 N–H and O–H groups in total. The molecule has 0 aliphatic carbocycles. The highest BCUT2D eigenvalue weighted by molar-refractivity contribution is 8.18. The Balaban J connectivity index is 1.85. The number of carbonyl (C=O) groups excluding carboxylic acids is 1. The number of amides is 1. The lowest BCUT2D eigenvalue weighted by atomic mass is 10.2. The Morgan fingerprint density at radius 1 is 1.08 bits per heavy atom. The number of hydrogen-bond acceptors (Lipinski definition) is 4. The van der Waals surface area contributed by atoms with Gasteiger partial charge in [0.15, 0.2) is 5.17 Å². The fourth-order valence-corrected chi connectivity index (χ4v) is 3.52. The second-order valence-corrected chi connectivity index (χ2v) is 6.40. The van der Waals surface area contributed by atoms with Crippen molar-refractivity contribution in [2.45, 2.75) is 13.8 Å². The van der Waals surface area contributed by atoms with Crippen molar-refractivity contribution in [2.24, 2.45) is 4.99 Å². The summed E-state index contributed by atoms with van der Waals surface area (Å²) in [6, 6.07) is 17.4. The van der Waals surface area contributed by atoms with Crippen LogP contribution in [0.15, 0.2) is 64.5 Å². The van der Waals surface area contributed by atoms with Crippen LogP contribution < -0.4 is 4.74 Å². The first kappa shape index (κ1) is 17.3. The van der Waals surface area contributed by atoms with Gasteiger partial charge in [0, 0.05) is 6.54 Å². The van der Waals surface area contributed by atoms with Crippen LogP contribution in [0, 0.1) is 0 Å². The van der Waals surface area contributed by atoms with E-state index in [0.717, 1.165) is 22.2 Å². The molecule has 2 aromatic rings. The maximum atomic E-state index is 12.6. The summed E-state index contributed by atoms with van der Waals surface area (Å²) in [5, 5.41) is 0.718. The summed E-state index contributed by atoms with van der Waals surface area (Å²) in [6.07, 6.45) is 1.90. The standard InChI is InChI=1S/C20H20N2O2S/c1-3-22-19(23)18(14-15-10-12-17(13-11-15)24-4-2)25-20(22)21-16-8-6-5-7-9-16/h5-14H,3-4H2,1-2H3/b18-14+,21-20?. The summed E-state index contributed by atoms with van der Waals surface area (Å²) < 4.78 is 5.45. The van der Waals surface area contributed by atoms with E-state index in [-0.39, 0.29) is 5.91 Å². The lowest BCUT2D eigenvalue weighted by Gasteiger charge is -2.11. The molecule has 5 heteroatoms. The maximum Gasteiger partial charge on any atom is 0.266 e. The molecule has 1 heterocycles. The first-order valence-electron chi connectivity index (χ1n) is 8.29. The van der Waals surface area contributed by atoms with Crippen LogP contribution in [0.4, 0.5) is 5.69 Å². The number of nitrogens with zero attached hydrogens (tertiary/aromatic N) is 2. The summed E-state index contributed by atoms with van der Waals surface area (Å²) in [6.45, 7) is 5.15. The van der Waals surface area contributed by atoms with Gasteiger partial charge in [-0.1, -0.05) is 30.3 Å². The van der Waals surface area contributed by atoms with Gasteiger partial charge in [0.25, 0.3) is 5.91 Å². The Kier molecular flexibility index (Phi) is 5.56. The zero-order valence-electron chi connectivity index (χ0n) is 14.3. The summed E-state index contributed by atoms with van der Waals surface area (Å²) in [4.78, 5) is 19.6. The van der Waals surface area contributed by atoms with E-state index in [9.17, 15) is 4.79 Å². The van der Waals surface area contributed by atoms with Gasteiger partial charge in [0.1, 0.15) is 5.75 Å². The van der Waals surface area contributed by atoms with Gasteiger partial charge in [0.05, 0.1) is 17.2 Å². The molecule has 1 aliphatic rings. The van der Waals surface area contributed by atoms with Gasteiger partial charge in [-0.2, -0.15) is 0 Å². The number of amidine groups is 1. The second kappa shape index (κ2) is 8.03. The average Bonchev–Trinajstić information content (AvgIpc) is 2.92. The molecule has 25 heavy (non-hydrogen) atoms. The lowest BCUT2D eigenvalue weighted by molar-refractivity contribution is -0.122. The molecule has 0 aromatic heterocycles. The van der Waals surface area contributed by atoms with E-state index in [1.165, 1.54) is 11.8 Å². The predicted octanol–water partition coefficient (Wildman–Crippen LogP) is 4.71. The highest BCUT2D eigenvalue weighted by Gasteiger charge is 2.32. The lowest BCUT2D eigenvalue weighted by Crippen LogP contribution is -2.28. The van der Waals surface area contributed by atoms with Crippen molar-refractivity contribution in [3.63, 3.8) is 0 Å². The minimum Gasteiger partial charge on any atom is -0.494 e. The number of rotatable bonds is 5. The third kappa shape index (κ3) is 4.12. The fourth-order valence-electron chi connectivity index (χ4n) is 2.46. The molecule has 2 aromatic carbocycles. The molecule has 0 bridgehead atoms. The molecule has 4 nitrogen and oxygen atoms in total. The van der Waals surface area contributed by atoms with Crippen LogP contribution in [-0.4, -0.2) is 29.1 Å². The van der Waals surface area contributed by atoms with Crippen LogP contribution in [0.5, 0.6) is 5.75 Å². The van der Waals surface area contributed by atoms with Crippen molar-refractivity contribution in [3.8, 4) is 5.75 Å². The van der Waals surface area contributed by atoms with Gasteiger partial charge < -0.3 is 4.74 Å². The molecule has 0 spiro atoms. The van der Waals surface area contributed by atoms with Crippen LogP contribution in [0.1, 0.15) is 19.4 Å².